The molecule has 0 atom stereocenters. The lowest BCUT2D eigenvalue weighted by molar-refractivity contribution is -0.142. The molecule has 0 unspecified atom stereocenters. The molecule has 118 valence electrons. The summed E-state index contributed by atoms with van der Waals surface area (Å²) in [5, 5.41) is 4.30. The van der Waals surface area contributed by atoms with Gasteiger partial charge >= 0.3 is 5.97 Å². The third-order valence-electron chi connectivity index (χ3n) is 2.83. The normalized spacial score (nSPS) is 10.5. The van der Waals surface area contributed by atoms with Gasteiger partial charge in [0.1, 0.15) is 0 Å². The van der Waals surface area contributed by atoms with E-state index in [4.69, 9.17) is 4.74 Å². The molecule has 0 fully saturated rings. The van der Waals surface area contributed by atoms with Crippen LogP contribution in [0.3, 0.4) is 0 Å². The van der Waals surface area contributed by atoms with Crippen LogP contribution in [0.25, 0.3) is 0 Å². The van der Waals surface area contributed by atoms with Gasteiger partial charge in [-0.05, 0) is 36.6 Å². The molecule has 0 spiro atoms. The first-order valence-corrected chi connectivity index (χ1v) is 7.93. The van der Waals surface area contributed by atoms with Gasteiger partial charge in [0, 0.05) is 16.7 Å². The highest BCUT2D eigenvalue weighted by molar-refractivity contribution is 8.02. The second-order valence-corrected chi connectivity index (χ2v) is 5.73. The van der Waals surface area contributed by atoms with Crippen LogP contribution in [-0.2, 0) is 14.3 Å². The summed E-state index contributed by atoms with van der Waals surface area (Å²) in [5.74, 6) is -0.918. The molecule has 2 aromatic carbocycles. The van der Waals surface area contributed by atoms with E-state index in [1.807, 2.05) is 49.4 Å². The summed E-state index contributed by atoms with van der Waals surface area (Å²) >= 11 is 1.41. The van der Waals surface area contributed by atoms with Gasteiger partial charge in [-0.3, -0.25) is 4.79 Å². The van der Waals surface area contributed by atoms with Crippen molar-refractivity contribution in [3.63, 3.8) is 0 Å². The van der Waals surface area contributed by atoms with Crippen molar-refractivity contribution in [3.05, 3.63) is 71.6 Å². The Morgan fingerprint density at radius 3 is 2.48 bits per heavy atom. The van der Waals surface area contributed by atoms with E-state index >= 15 is 0 Å². The predicted octanol–water partition coefficient (Wildman–Crippen LogP) is 3.78. The Balaban J connectivity index is 1.71. The van der Waals surface area contributed by atoms with Gasteiger partial charge in [0.2, 0.25) is 0 Å². The molecule has 2 aromatic rings. The van der Waals surface area contributed by atoms with Crippen LogP contribution >= 0.6 is 11.8 Å². The first-order chi connectivity index (χ1) is 11.1. The fraction of sp³-hybridized carbons (Fsp3) is 0.111. The van der Waals surface area contributed by atoms with Gasteiger partial charge in [0.05, 0.1) is 0 Å². The van der Waals surface area contributed by atoms with Crippen LogP contribution in [0.5, 0.6) is 0 Å². The number of ether oxygens (including phenoxy) is 1. The standard InChI is InChI=1S/C18H17NO3S/c1-14-7-9-15(10-8-14)19-17(20)13-22-18(21)11-12-23-16-5-3-2-4-6-16/h2-12H,13H2,1H3,(H,19,20)/b12-11+. The molecular weight excluding hydrogens is 310 g/mol. The van der Waals surface area contributed by atoms with E-state index in [1.165, 1.54) is 17.8 Å². The minimum atomic E-state index is -0.549. The Labute approximate surface area is 139 Å². The highest BCUT2D eigenvalue weighted by Crippen LogP contribution is 2.17. The third kappa shape index (κ3) is 6.40. The lowest BCUT2D eigenvalue weighted by atomic mass is 10.2. The summed E-state index contributed by atoms with van der Waals surface area (Å²) in [6, 6.07) is 17.0. The molecule has 0 bridgehead atoms. The Morgan fingerprint density at radius 2 is 1.78 bits per heavy atom. The SMILES string of the molecule is Cc1ccc(NC(=O)COC(=O)/C=C/Sc2ccccc2)cc1. The number of carbonyl (C=O) groups excluding carboxylic acids is 2. The zero-order valence-corrected chi connectivity index (χ0v) is 13.5. The summed E-state index contributed by atoms with van der Waals surface area (Å²) < 4.78 is 4.89. The molecule has 0 aliphatic heterocycles. The molecule has 0 aromatic heterocycles. The maximum Gasteiger partial charge on any atom is 0.331 e. The number of hydrogen-bond donors (Lipinski definition) is 1. The molecular formula is C18H17NO3S. The highest BCUT2D eigenvalue weighted by Gasteiger charge is 2.05. The van der Waals surface area contributed by atoms with E-state index in [1.54, 1.807) is 17.5 Å². The van der Waals surface area contributed by atoms with Crippen LogP contribution in [0.1, 0.15) is 5.56 Å². The first-order valence-electron chi connectivity index (χ1n) is 7.05. The predicted molar refractivity (Wildman–Crippen MR) is 92.2 cm³/mol. The van der Waals surface area contributed by atoms with Crippen molar-refractivity contribution in [2.45, 2.75) is 11.8 Å². The van der Waals surface area contributed by atoms with Crippen molar-refractivity contribution < 1.29 is 14.3 Å². The number of nitrogens with one attached hydrogen (secondary N) is 1. The monoisotopic (exact) mass is 327 g/mol. The molecule has 0 saturated carbocycles. The molecule has 0 heterocycles. The van der Waals surface area contributed by atoms with E-state index in [0.29, 0.717) is 5.69 Å². The van der Waals surface area contributed by atoms with Gasteiger partial charge in [-0.15, -0.1) is 0 Å². The van der Waals surface area contributed by atoms with Crippen molar-refractivity contribution in [1.29, 1.82) is 0 Å². The largest absolute Gasteiger partial charge is 0.452 e. The van der Waals surface area contributed by atoms with Crippen molar-refractivity contribution >= 4 is 29.3 Å². The molecule has 0 radical (unpaired) electrons. The number of aryl methyl sites for hydroxylation is 1. The molecule has 4 nitrogen and oxygen atoms in total. The van der Waals surface area contributed by atoms with Gasteiger partial charge in [-0.2, -0.15) is 0 Å². The number of hydrogen-bond acceptors (Lipinski definition) is 4. The minimum Gasteiger partial charge on any atom is -0.452 e. The van der Waals surface area contributed by atoms with Crippen molar-refractivity contribution in [1.82, 2.24) is 0 Å². The summed E-state index contributed by atoms with van der Waals surface area (Å²) in [5.41, 5.74) is 1.78. The van der Waals surface area contributed by atoms with Gasteiger partial charge < -0.3 is 10.1 Å². The molecule has 23 heavy (non-hydrogen) atoms. The fourth-order valence-electron chi connectivity index (χ4n) is 1.69. The average molecular weight is 327 g/mol. The van der Waals surface area contributed by atoms with Crippen LogP contribution in [-0.4, -0.2) is 18.5 Å². The van der Waals surface area contributed by atoms with Gasteiger partial charge in [0.15, 0.2) is 6.61 Å². The van der Waals surface area contributed by atoms with Gasteiger partial charge in [0.25, 0.3) is 5.91 Å². The molecule has 1 N–H and O–H groups in total. The van der Waals surface area contributed by atoms with Crippen LogP contribution in [0.4, 0.5) is 5.69 Å². The molecule has 2 rings (SSSR count). The fourth-order valence-corrected chi connectivity index (χ4v) is 2.34. The minimum absolute atomic E-state index is 0.312. The molecule has 0 saturated heterocycles. The van der Waals surface area contributed by atoms with Crippen LogP contribution < -0.4 is 5.32 Å². The summed E-state index contributed by atoms with van der Waals surface area (Å²) in [4.78, 5) is 24.2. The zero-order valence-electron chi connectivity index (χ0n) is 12.7. The topological polar surface area (TPSA) is 55.4 Å². The van der Waals surface area contributed by atoms with Crippen molar-refractivity contribution in [3.8, 4) is 0 Å². The summed E-state index contributed by atoms with van der Waals surface area (Å²) in [6.07, 6.45) is 1.30. The Kier molecular flexibility index (Phi) is 6.44. The molecule has 5 heteroatoms. The lowest BCUT2D eigenvalue weighted by Gasteiger charge is -2.05. The van der Waals surface area contributed by atoms with E-state index in [-0.39, 0.29) is 12.5 Å². The number of thioether (sulfide) groups is 1. The number of anilines is 1. The van der Waals surface area contributed by atoms with Crippen LogP contribution in [0, 0.1) is 6.92 Å². The van der Waals surface area contributed by atoms with E-state index in [0.717, 1.165) is 10.5 Å². The zero-order chi connectivity index (χ0) is 16.5. The number of benzene rings is 2. The second kappa shape index (κ2) is 8.80. The van der Waals surface area contributed by atoms with E-state index in [2.05, 4.69) is 5.32 Å². The number of esters is 1. The number of rotatable bonds is 6. The average Bonchev–Trinajstić information content (AvgIpc) is 2.56. The Morgan fingerprint density at radius 1 is 1.09 bits per heavy atom. The van der Waals surface area contributed by atoms with Crippen LogP contribution in [0.2, 0.25) is 0 Å². The molecule has 0 aliphatic rings. The van der Waals surface area contributed by atoms with E-state index < -0.39 is 5.97 Å². The maximum absolute atomic E-state index is 11.7. The summed E-state index contributed by atoms with van der Waals surface area (Å²) in [7, 11) is 0. The first kappa shape index (κ1) is 16.8. The highest BCUT2D eigenvalue weighted by atomic mass is 32.2. The smallest absolute Gasteiger partial charge is 0.331 e. The van der Waals surface area contributed by atoms with Crippen molar-refractivity contribution in [2.24, 2.45) is 0 Å². The van der Waals surface area contributed by atoms with Crippen LogP contribution in [0.15, 0.2) is 71.0 Å². The Hall–Kier alpha value is -2.53. The molecule has 1 amide bonds. The number of amides is 1. The quantitative estimate of drug-likeness (QED) is 0.498. The number of carbonyl (C=O) groups is 2. The summed E-state index contributed by atoms with van der Waals surface area (Å²) in [6.45, 7) is 1.65. The van der Waals surface area contributed by atoms with Crippen molar-refractivity contribution in [2.75, 3.05) is 11.9 Å². The maximum atomic E-state index is 11.7. The second-order valence-electron chi connectivity index (χ2n) is 4.76. The third-order valence-corrected chi connectivity index (χ3v) is 3.65. The lowest BCUT2D eigenvalue weighted by Crippen LogP contribution is -2.20. The van der Waals surface area contributed by atoms with Gasteiger partial charge in [-0.25, -0.2) is 4.79 Å². The van der Waals surface area contributed by atoms with E-state index in [9.17, 15) is 9.59 Å². The molecule has 0 aliphatic carbocycles. The Bertz CT molecular complexity index is 681. The van der Waals surface area contributed by atoms with Gasteiger partial charge in [-0.1, -0.05) is 47.7 Å².